The van der Waals surface area contributed by atoms with E-state index in [4.69, 9.17) is 10.1 Å². The molecule has 0 saturated carbocycles. The van der Waals surface area contributed by atoms with Gasteiger partial charge in [-0.2, -0.15) is 0 Å². The molecule has 32 valence electrons. The maximum atomic E-state index is 7.94. The van der Waals surface area contributed by atoms with Gasteiger partial charge in [0.2, 0.25) is 0 Å². The number of hydrogen-bond acceptors (Lipinski definition) is 1. The molecule has 0 spiro atoms. The second-order valence-corrected chi connectivity index (χ2v) is 3.78. The van der Waals surface area contributed by atoms with Gasteiger partial charge in [-0.05, 0) is 0 Å². The molecular formula is H5N2OPS. The number of nitrogens with two attached hydrogens (primary N) is 1. The Balaban J connectivity index is 3.47. The van der Waals surface area contributed by atoms with E-state index in [0.29, 0.717) is 0 Å². The van der Waals surface area contributed by atoms with Crippen LogP contribution in [0, 0.1) is 5.16 Å². The van der Waals surface area contributed by atoms with Gasteiger partial charge in [0.05, 0.1) is 0 Å². The normalized spacial score (nSPS) is 21.4. The van der Waals surface area contributed by atoms with Crippen molar-refractivity contribution in [1.82, 2.24) is 0 Å². The Morgan fingerprint density at radius 3 is 2.00 bits per heavy atom. The fourth-order valence-corrected chi connectivity index (χ4v) is 0. The molecule has 5 heavy (non-hydrogen) atoms. The van der Waals surface area contributed by atoms with Crippen molar-refractivity contribution in [3.05, 3.63) is 0 Å². The van der Waals surface area contributed by atoms with E-state index in [1.54, 1.807) is 0 Å². The maximum Gasteiger partial charge on any atom is 0.197 e. The average Bonchev–Trinajstić information content (AvgIpc) is 0.722. The summed E-state index contributed by atoms with van der Waals surface area (Å²) >= 11 is 3.23. The van der Waals surface area contributed by atoms with Crippen molar-refractivity contribution in [2.75, 3.05) is 0 Å². The van der Waals surface area contributed by atoms with E-state index < -0.39 is 6.63 Å². The van der Waals surface area contributed by atoms with Crippen LogP contribution < -0.4 is 5.50 Å². The summed E-state index contributed by atoms with van der Waals surface area (Å²) in [6.07, 6.45) is 0. The predicted octanol–water partition coefficient (Wildman–Crippen LogP) is 0.392. The van der Waals surface area contributed by atoms with Gasteiger partial charge in [0, 0.05) is 0 Å². The third-order valence-electron chi connectivity index (χ3n) is 0. The molecule has 0 bridgehead atoms. The third kappa shape index (κ3) is 113. The van der Waals surface area contributed by atoms with E-state index in [1.165, 1.54) is 0 Å². The molecule has 5 heteroatoms. The summed E-state index contributed by atoms with van der Waals surface area (Å²) in [4.78, 5) is 7.94. The quantitative estimate of drug-likeness (QED) is 0.270. The van der Waals surface area contributed by atoms with Crippen LogP contribution in [0.1, 0.15) is 0 Å². The van der Waals surface area contributed by atoms with Gasteiger partial charge in [0.15, 0.2) is 6.63 Å². The zero-order chi connectivity index (χ0) is 4.50. The van der Waals surface area contributed by atoms with E-state index in [9.17, 15) is 0 Å². The largest absolute Gasteiger partial charge is 0.341 e. The lowest BCUT2D eigenvalue weighted by atomic mass is 13.9. The van der Waals surface area contributed by atoms with Gasteiger partial charge in [-0.3, -0.25) is 10.7 Å². The summed E-state index contributed by atoms with van der Waals surface area (Å²) in [7, 11) is 0. The second kappa shape index (κ2) is 1.30. The van der Waals surface area contributed by atoms with E-state index in [0.717, 1.165) is 0 Å². The van der Waals surface area contributed by atoms with Crippen LogP contribution >= 0.6 is 18.9 Å². The molecule has 0 aliphatic heterocycles. The molecule has 0 heterocycles. The van der Waals surface area contributed by atoms with Crippen LogP contribution in [0.15, 0.2) is 0 Å². The van der Waals surface area contributed by atoms with E-state index in [2.05, 4.69) is 17.8 Å². The SMILES string of the molecule is N=P(N)(O)S. The Labute approximate surface area is 35.3 Å². The molecule has 4 N–H and O–H groups in total. The van der Waals surface area contributed by atoms with Gasteiger partial charge in [0.25, 0.3) is 0 Å². The molecular weight excluding hydrogens is 107 g/mol. The predicted molar refractivity (Wildman–Crippen MR) is 25.0 cm³/mol. The zero-order valence-electron chi connectivity index (χ0n) is 2.42. The van der Waals surface area contributed by atoms with Crippen LogP contribution in [0.2, 0.25) is 0 Å². The first-order valence-corrected chi connectivity index (χ1v) is 3.85. The van der Waals surface area contributed by atoms with Crippen LogP contribution in [-0.2, 0) is 0 Å². The highest BCUT2D eigenvalue weighted by molar-refractivity contribution is 8.45. The second-order valence-electron chi connectivity index (χ2n) is 0.649. The van der Waals surface area contributed by atoms with Gasteiger partial charge < -0.3 is 4.89 Å². The summed E-state index contributed by atoms with van der Waals surface area (Å²) in [5, 5.41) is 6.25. The summed E-state index contributed by atoms with van der Waals surface area (Å²) in [5.41, 5.74) is 4.55. The van der Waals surface area contributed by atoms with Crippen LogP contribution in [0.4, 0.5) is 0 Å². The van der Waals surface area contributed by atoms with Crippen molar-refractivity contribution in [3.63, 3.8) is 0 Å². The molecule has 3 nitrogen and oxygen atoms in total. The summed E-state index contributed by atoms with van der Waals surface area (Å²) in [6.45, 7) is -2.94. The molecule has 0 aromatic heterocycles. The molecule has 0 aromatic rings. The molecule has 0 aromatic carbocycles. The number of hydrogen-bond donors (Lipinski definition) is 4. The fourth-order valence-electron chi connectivity index (χ4n) is 0. The minimum atomic E-state index is -2.94. The number of rotatable bonds is 0. The lowest BCUT2D eigenvalue weighted by molar-refractivity contribution is 0.628. The van der Waals surface area contributed by atoms with Crippen LogP contribution in [0.5, 0.6) is 0 Å². The van der Waals surface area contributed by atoms with Gasteiger partial charge in [-0.25, -0.2) is 0 Å². The van der Waals surface area contributed by atoms with Crippen molar-refractivity contribution in [2.45, 2.75) is 0 Å². The monoisotopic (exact) mass is 112 g/mol. The lowest BCUT2D eigenvalue weighted by Gasteiger charge is -1.91. The Hall–Kier alpha value is 0.500. The Morgan fingerprint density at radius 2 is 2.00 bits per heavy atom. The van der Waals surface area contributed by atoms with Gasteiger partial charge in [-0.1, -0.05) is 12.2 Å². The molecule has 1 unspecified atom stereocenters. The van der Waals surface area contributed by atoms with Crippen LogP contribution in [0.25, 0.3) is 0 Å². The summed E-state index contributed by atoms with van der Waals surface area (Å²) in [6, 6.07) is 0. The molecule has 0 aliphatic rings. The average molecular weight is 112 g/mol. The van der Waals surface area contributed by atoms with E-state index in [-0.39, 0.29) is 0 Å². The number of nitrogens with one attached hydrogen (secondary N) is 1. The Kier molecular flexibility index (Phi) is 1.44. The van der Waals surface area contributed by atoms with E-state index >= 15 is 0 Å². The third-order valence-corrected chi connectivity index (χ3v) is 0. The minimum absolute atomic E-state index is 2.94. The summed E-state index contributed by atoms with van der Waals surface area (Å²) in [5.74, 6) is 0. The molecule has 0 amide bonds. The highest BCUT2D eigenvalue weighted by Crippen LogP contribution is 2.35. The first-order valence-electron chi connectivity index (χ1n) is 0.882. The lowest BCUT2D eigenvalue weighted by Crippen LogP contribution is -1.79. The van der Waals surface area contributed by atoms with E-state index in [1.807, 2.05) is 0 Å². The van der Waals surface area contributed by atoms with Crippen molar-refractivity contribution in [2.24, 2.45) is 5.50 Å². The van der Waals surface area contributed by atoms with Crippen LogP contribution in [-0.4, -0.2) is 4.89 Å². The molecule has 0 aliphatic carbocycles. The number of thiol groups is 1. The fraction of sp³-hybridized carbons (Fsp3) is 0. The van der Waals surface area contributed by atoms with Gasteiger partial charge >= 0.3 is 0 Å². The molecule has 0 rings (SSSR count). The zero-order valence-corrected chi connectivity index (χ0v) is 4.21. The Morgan fingerprint density at radius 1 is 2.00 bits per heavy atom. The Bertz CT molecular complexity index is 55.8. The highest BCUT2D eigenvalue weighted by atomic mass is 32.7. The molecule has 0 radical (unpaired) electrons. The molecule has 1 atom stereocenters. The smallest absolute Gasteiger partial charge is 0.197 e. The van der Waals surface area contributed by atoms with Gasteiger partial charge in [0.1, 0.15) is 0 Å². The minimum Gasteiger partial charge on any atom is -0.341 e. The standard InChI is InChI=1S/H5N2OPS/c1-4(2,3)5/h(H5,1,2,3,5). The molecule has 0 saturated heterocycles. The van der Waals surface area contributed by atoms with Crippen molar-refractivity contribution >= 4 is 18.9 Å². The van der Waals surface area contributed by atoms with Gasteiger partial charge in [-0.15, -0.1) is 0 Å². The van der Waals surface area contributed by atoms with Crippen molar-refractivity contribution in [1.29, 1.82) is 5.16 Å². The summed E-state index contributed by atoms with van der Waals surface area (Å²) < 4.78 is 0. The first kappa shape index (κ1) is 5.50. The first-order chi connectivity index (χ1) is 2.00. The van der Waals surface area contributed by atoms with Crippen LogP contribution in [0.3, 0.4) is 0 Å². The molecule has 0 fully saturated rings. The highest BCUT2D eigenvalue weighted by Gasteiger charge is 1.87. The topological polar surface area (TPSA) is 70.1 Å². The van der Waals surface area contributed by atoms with Crippen molar-refractivity contribution < 1.29 is 4.89 Å². The van der Waals surface area contributed by atoms with Crippen molar-refractivity contribution in [3.8, 4) is 0 Å². The maximum absolute atomic E-state index is 7.94.